The van der Waals surface area contributed by atoms with E-state index in [1.165, 1.54) is 19.3 Å². The van der Waals surface area contributed by atoms with Crippen molar-refractivity contribution in [2.45, 2.75) is 84.7 Å². The number of rotatable bonds is 11. The van der Waals surface area contributed by atoms with Gasteiger partial charge in [-0.05, 0) is 19.3 Å². The molecule has 0 aromatic heterocycles. The van der Waals surface area contributed by atoms with Crippen molar-refractivity contribution in [1.82, 2.24) is 0 Å². The van der Waals surface area contributed by atoms with E-state index in [2.05, 4.69) is 13.8 Å². The molecule has 0 aromatic carbocycles. The molecular formula is C15H30O2. The molecule has 0 amide bonds. The first-order valence-electron chi connectivity index (χ1n) is 7.39. The third-order valence-electron chi connectivity index (χ3n) is 3.43. The third-order valence-corrected chi connectivity index (χ3v) is 3.43. The Bertz CT molecular complexity index is 189. The van der Waals surface area contributed by atoms with Crippen LogP contribution >= 0.6 is 0 Å². The number of hydrogen-bond acceptors (Lipinski definition) is 2. The minimum absolute atomic E-state index is 0.0810. The van der Waals surface area contributed by atoms with Crippen LogP contribution in [0, 0.1) is 5.92 Å². The minimum Gasteiger partial charge on any atom is -0.385 e. The summed E-state index contributed by atoms with van der Waals surface area (Å²) in [4.78, 5) is 12.0. The van der Waals surface area contributed by atoms with Crippen LogP contribution in [0.3, 0.4) is 0 Å². The molecule has 0 radical (unpaired) electrons. The average Bonchev–Trinajstić information content (AvgIpc) is 2.36. The molecule has 1 unspecified atom stereocenters. The number of aliphatic hydroxyl groups is 1. The predicted octanol–water partition coefficient (Wildman–Crippen LogP) is 4.10. The zero-order chi connectivity index (χ0) is 13.1. The highest BCUT2D eigenvalue weighted by molar-refractivity contribution is 5.85. The van der Waals surface area contributed by atoms with E-state index in [-0.39, 0.29) is 11.7 Å². The Balaban J connectivity index is 4.07. The molecule has 17 heavy (non-hydrogen) atoms. The van der Waals surface area contributed by atoms with Gasteiger partial charge in [0.1, 0.15) is 6.10 Å². The fourth-order valence-corrected chi connectivity index (χ4v) is 2.17. The van der Waals surface area contributed by atoms with E-state index in [4.69, 9.17) is 0 Å². The topological polar surface area (TPSA) is 37.3 Å². The number of Topliss-reactive ketones (excluding diaryl/α,β-unsaturated/α-hetero) is 1. The largest absolute Gasteiger partial charge is 0.385 e. The molecule has 0 saturated carbocycles. The molecule has 0 spiro atoms. The zero-order valence-electron chi connectivity index (χ0n) is 11.9. The monoisotopic (exact) mass is 242 g/mol. The lowest BCUT2D eigenvalue weighted by Gasteiger charge is -2.18. The van der Waals surface area contributed by atoms with E-state index in [0.29, 0.717) is 6.42 Å². The maximum atomic E-state index is 12.0. The zero-order valence-corrected chi connectivity index (χ0v) is 11.9. The van der Waals surface area contributed by atoms with Crippen molar-refractivity contribution in [3.8, 4) is 0 Å². The Morgan fingerprint density at radius 1 is 0.941 bits per heavy atom. The molecule has 2 atom stereocenters. The second-order valence-electron chi connectivity index (χ2n) is 5.01. The smallest absolute Gasteiger partial charge is 0.164 e. The Morgan fingerprint density at radius 2 is 1.53 bits per heavy atom. The lowest BCUT2D eigenvalue weighted by Crippen LogP contribution is -2.27. The first kappa shape index (κ1) is 16.6. The van der Waals surface area contributed by atoms with Crippen molar-refractivity contribution in [3.63, 3.8) is 0 Å². The predicted molar refractivity (Wildman–Crippen MR) is 73.1 cm³/mol. The summed E-state index contributed by atoms with van der Waals surface area (Å²) in [6.45, 7) is 6.21. The van der Waals surface area contributed by atoms with Crippen LogP contribution in [0.4, 0.5) is 0 Å². The van der Waals surface area contributed by atoms with Gasteiger partial charge in [-0.25, -0.2) is 0 Å². The summed E-state index contributed by atoms with van der Waals surface area (Å²) < 4.78 is 0. The normalized spacial score (nSPS) is 14.6. The first-order chi connectivity index (χ1) is 8.17. The Morgan fingerprint density at radius 3 is 2.06 bits per heavy atom. The quantitative estimate of drug-likeness (QED) is 0.554. The molecule has 0 aliphatic rings. The van der Waals surface area contributed by atoms with Crippen LogP contribution in [0.5, 0.6) is 0 Å². The van der Waals surface area contributed by atoms with E-state index in [0.717, 1.165) is 32.1 Å². The maximum absolute atomic E-state index is 12.0. The van der Waals surface area contributed by atoms with Gasteiger partial charge >= 0.3 is 0 Å². The standard InChI is InChI=1S/C15H30O2/c1-4-7-9-10-12-13(11-8-5-2)15(17)14(16)6-3/h13-14,16H,4-12H2,1-3H3/t13?,14-/m1/s1. The van der Waals surface area contributed by atoms with Crippen molar-refractivity contribution >= 4 is 5.78 Å². The van der Waals surface area contributed by atoms with E-state index < -0.39 is 6.10 Å². The van der Waals surface area contributed by atoms with Crippen LogP contribution < -0.4 is 0 Å². The second-order valence-corrected chi connectivity index (χ2v) is 5.01. The Kier molecular flexibility index (Phi) is 10.5. The molecule has 1 N–H and O–H groups in total. The third kappa shape index (κ3) is 7.54. The summed E-state index contributed by atoms with van der Waals surface area (Å²) in [5.41, 5.74) is 0. The van der Waals surface area contributed by atoms with Gasteiger partial charge in [0.15, 0.2) is 5.78 Å². The van der Waals surface area contributed by atoms with Crippen LogP contribution in [0.2, 0.25) is 0 Å². The lowest BCUT2D eigenvalue weighted by atomic mass is 9.88. The molecule has 0 saturated heterocycles. The summed E-state index contributed by atoms with van der Waals surface area (Å²) >= 11 is 0. The number of ketones is 1. The average molecular weight is 242 g/mol. The van der Waals surface area contributed by atoms with Gasteiger partial charge in [0.05, 0.1) is 0 Å². The molecule has 0 rings (SSSR count). The lowest BCUT2D eigenvalue weighted by molar-refractivity contribution is -0.131. The highest BCUT2D eigenvalue weighted by atomic mass is 16.3. The van der Waals surface area contributed by atoms with Gasteiger partial charge < -0.3 is 5.11 Å². The van der Waals surface area contributed by atoms with E-state index in [9.17, 15) is 9.90 Å². The summed E-state index contributed by atoms with van der Waals surface area (Å²) in [6.07, 6.45) is 8.80. The van der Waals surface area contributed by atoms with E-state index >= 15 is 0 Å². The summed E-state index contributed by atoms with van der Waals surface area (Å²) in [5, 5.41) is 9.65. The van der Waals surface area contributed by atoms with Gasteiger partial charge in [-0.2, -0.15) is 0 Å². The maximum Gasteiger partial charge on any atom is 0.164 e. The van der Waals surface area contributed by atoms with Crippen molar-refractivity contribution in [2.75, 3.05) is 0 Å². The Labute approximate surface area is 107 Å². The van der Waals surface area contributed by atoms with Crippen LogP contribution in [0.1, 0.15) is 78.6 Å². The van der Waals surface area contributed by atoms with Gasteiger partial charge in [-0.3, -0.25) is 4.79 Å². The van der Waals surface area contributed by atoms with Crippen molar-refractivity contribution in [2.24, 2.45) is 5.92 Å². The van der Waals surface area contributed by atoms with Crippen molar-refractivity contribution < 1.29 is 9.90 Å². The summed E-state index contributed by atoms with van der Waals surface area (Å²) in [7, 11) is 0. The van der Waals surface area contributed by atoms with Crippen molar-refractivity contribution in [3.05, 3.63) is 0 Å². The highest BCUT2D eigenvalue weighted by Gasteiger charge is 2.23. The molecule has 102 valence electrons. The van der Waals surface area contributed by atoms with Gasteiger partial charge in [0.2, 0.25) is 0 Å². The second kappa shape index (κ2) is 10.8. The SMILES string of the molecule is CCCCCCC(CCCC)C(=O)[C@H](O)CC. The van der Waals surface area contributed by atoms with E-state index in [1.807, 2.05) is 6.92 Å². The van der Waals surface area contributed by atoms with Crippen molar-refractivity contribution in [1.29, 1.82) is 0 Å². The highest BCUT2D eigenvalue weighted by Crippen LogP contribution is 2.20. The van der Waals surface area contributed by atoms with Gasteiger partial charge in [-0.15, -0.1) is 0 Å². The molecular weight excluding hydrogens is 212 g/mol. The Hall–Kier alpha value is -0.370. The fraction of sp³-hybridized carbons (Fsp3) is 0.933. The first-order valence-corrected chi connectivity index (χ1v) is 7.39. The molecule has 2 nitrogen and oxygen atoms in total. The number of carbonyl (C=O) groups excluding carboxylic acids is 1. The van der Waals surface area contributed by atoms with Crippen LogP contribution in [0.25, 0.3) is 0 Å². The molecule has 0 fully saturated rings. The molecule has 0 aliphatic carbocycles. The van der Waals surface area contributed by atoms with Crippen LogP contribution in [-0.4, -0.2) is 17.0 Å². The van der Waals surface area contributed by atoms with Crippen LogP contribution in [0.15, 0.2) is 0 Å². The van der Waals surface area contributed by atoms with E-state index in [1.54, 1.807) is 0 Å². The molecule has 2 heteroatoms. The molecule has 0 bridgehead atoms. The van der Waals surface area contributed by atoms with Gasteiger partial charge in [-0.1, -0.05) is 59.3 Å². The summed E-state index contributed by atoms with van der Waals surface area (Å²) in [5.74, 6) is 0.180. The number of unbranched alkanes of at least 4 members (excludes halogenated alkanes) is 4. The molecule has 0 aromatic rings. The van der Waals surface area contributed by atoms with Gasteiger partial charge in [0.25, 0.3) is 0 Å². The van der Waals surface area contributed by atoms with Crippen LogP contribution in [-0.2, 0) is 4.79 Å². The summed E-state index contributed by atoms with van der Waals surface area (Å²) in [6, 6.07) is 0. The minimum atomic E-state index is -0.733. The number of aliphatic hydroxyl groups excluding tert-OH is 1. The molecule has 0 heterocycles. The fourth-order valence-electron chi connectivity index (χ4n) is 2.17. The molecule has 0 aliphatic heterocycles. The number of carbonyl (C=O) groups is 1. The number of hydrogen-bond donors (Lipinski definition) is 1. The van der Waals surface area contributed by atoms with Gasteiger partial charge in [0, 0.05) is 5.92 Å².